The second kappa shape index (κ2) is 6.59. The molecule has 2 aliphatic rings. The van der Waals surface area contributed by atoms with Crippen LogP contribution in [0.2, 0.25) is 0 Å². The van der Waals surface area contributed by atoms with Crippen molar-refractivity contribution < 1.29 is 14.7 Å². The number of carbonyl (C=O) groups excluding carboxylic acids is 1. The Balaban J connectivity index is 1.98. The third-order valence-corrected chi connectivity index (χ3v) is 4.98. The van der Waals surface area contributed by atoms with Crippen molar-refractivity contribution in [3.8, 4) is 0 Å². The second-order valence-electron chi connectivity index (χ2n) is 6.77. The average molecular weight is 281 g/mol. The minimum absolute atomic E-state index is 0.131. The fourth-order valence-corrected chi connectivity index (χ4v) is 3.56. The Kier molecular flexibility index (Phi) is 5.06. The topological polar surface area (TPSA) is 57.6 Å². The van der Waals surface area contributed by atoms with Crippen LogP contribution < -0.4 is 0 Å². The fourth-order valence-electron chi connectivity index (χ4n) is 3.56. The van der Waals surface area contributed by atoms with Crippen LogP contribution in [-0.4, -0.2) is 35.0 Å². The monoisotopic (exact) mass is 281 g/mol. The number of amides is 1. The maximum Gasteiger partial charge on any atom is 0.311 e. The molecule has 1 saturated carbocycles. The van der Waals surface area contributed by atoms with Gasteiger partial charge in [-0.3, -0.25) is 9.59 Å². The van der Waals surface area contributed by atoms with Crippen LogP contribution in [-0.2, 0) is 9.59 Å². The third kappa shape index (κ3) is 3.53. The van der Waals surface area contributed by atoms with Gasteiger partial charge in [-0.05, 0) is 32.6 Å². The van der Waals surface area contributed by atoms with E-state index in [9.17, 15) is 14.7 Å². The van der Waals surface area contributed by atoms with Crippen LogP contribution in [0.3, 0.4) is 0 Å². The Morgan fingerprint density at radius 2 is 1.65 bits per heavy atom. The van der Waals surface area contributed by atoms with E-state index >= 15 is 0 Å². The minimum Gasteiger partial charge on any atom is -0.481 e. The van der Waals surface area contributed by atoms with Crippen molar-refractivity contribution in [2.75, 3.05) is 13.1 Å². The lowest BCUT2D eigenvalue weighted by molar-refractivity contribution is -0.154. The predicted molar refractivity (Wildman–Crippen MR) is 77.4 cm³/mol. The minimum atomic E-state index is -0.771. The zero-order valence-corrected chi connectivity index (χ0v) is 12.6. The van der Waals surface area contributed by atoms with Gasteiger partial charge in [0.15, 0.2) is 0 Å². The number of hydrogen-bond donors (Lipinski definition) is 1. The largest absolute Gasteiger partial charge is 0.481 e. The molecule has 114 valence electrons. The third-order valence-electron chi connectivity index (χ3n) is 4.98. The lowest BCUT2D eigenvalue weighted by Crippen LogP contribution is -2.50. The molecule has 1 saturated heterocycles. The Hall–Kier alpha value is -1.06. The Bertz CT molecular complexity index is 361. The first-order chi connectivity index (χ1) is 9.53. The van der Waals surface area contributed by atoms with Gasteiger partial charge in [0, 0.05) is 19.0 Å². The number of likely N-dealkylation sites (tertiary alicyclic amines) is 1. The Morgan fingerprint density at radius 1 is 1.05 bits per heavy atom. The van der Waals surface area contributed by atoms with E-state index in [1.54, 1.807) is 6.92 Å². The van der Waals surface area contributed by atoms with Gasteiger partial charge in [-0.2, -0.15) is 0 Å². The molecule has 1 heterocycles. The highest BCUT2D eigenvalue weighted by molar-refractivity contribution is 5.81. The molecule has 2 rings (SSSR count). The molecule has 1 unspecified atom stereocenters. The molecule has 0 spiro atoms. The average Bonchev–Trinajstić information content (AvgIpc) is 2.37. The van der Waals surface area contributed by atoms with E-state index in [1.807, 2.05) is 4.90 Å². The van der Waals surface area contributed by atoms with Crippen molar-refractivity contribution >= 4 is 11.9 Å². The lowest BCUT2D eigenvalue weighted by atomic mass is 9.81. The number of hydrogen-bond acceptors (Lipinski definition) is 2. The number of piperidine rings is 1. The molecular formula is C16H27NO3. The molecule has 0 aromatic rings. The second-order valence-corrected chi connectivity index (χ2v) is 6.77. The molecule has 1 N–H and O–H groups in total. The lowest BCUT2D eigenvalue weighted by Gasteiger charge is -2.39. The smallest absolute Gasteiger partial charge is 0.311 e. The molecule has 1 amide bonds. The summed E-state index contributed by atoms with van der Waals surface area (Å²) in [6.45, 7) is 2.89. The van der Waals surface area contributed by atoms with E-state index in [4.69, 9.17) is 0 Å². The van der Waals surface area contributed by atoms with Crippen LogP contribution in [0.25, 0.3) is 0 Å². The molecule has 0 radical (unpaired) electrons. The van der Waals surface area contributed by atoms with Gasteiger partial charge >= 0.3 is 5.97 Å². The highest BCUT2D eigenvalue weighted by Gasteiger charge is 2.40. The van der Waals surface area contributed by atoms with E-state index < -0.39 is 11.4 Å². The first-order valence-electron chi connectivity index (χ1n) is 8.05. The summed E-state index contributed by atoms with van der Waals surface area (Å²) >= 11 is 0. The number of nitrogens with zero attached hydrogens (tertiary/aromatic N) is 1. The van der Waals surface area contributed by atoms with Crippen LogP contribution in [0.1, 0.15) is 64.7 Å². The van der Waals surface area contributed by atoms with E-state index in [-0.39, 0.29) is 11.8 Å². The van der Waals surface area contributed by atoms with E-state index in [0.29, 0.717) is 13.0 Å². The van der Waals surface area contributed by atoms with Gasteiger partial charge in [0.05, 0.1) is 5.41 Å². The fraction of sp³-hybridized carbons (Fsp3) is 0.875. The highest BCUT2D eigenvalue weighted by atomic mass is 16.4. The zero-order chi connectivity index (χ0) is 14.6. The summed E-state index contributed by atoms with van der Waals surface area (Å²) in [7, 11) is 0. The van der Waals surface area contributed by atoms with Crippen molar-refractivity contribution in [1.29, 1.82) is 0 Å². The molecule has 2 fully saturated rings. The number of rotatable bonds is 2. The van der Waals surface area contributed by atoms with Gasteiger partial charge in [0.2, 0.25) is 5.91 Å². The van der Waals surface area contributed by atoms with Crippen LogP contribution in [0, 0.1) is 11.3 Å². The number of carboxylic acid groups (broad SMARTS) is 1. The molecule has 1 aliphatic carbocycles. The van der Waals surface area contributed by atoms with Crippen molar-refractivity contribution in [1.82, 2.24) is 4.90 Å². The van der Waals surface area contributed by atoms with Crippen molar-refractivity contribution in [3.05, 3.63) is 0 Å². The Labute approximate surface area is 121 Å². The standard InChI is InChI=1S/C16H27NO3/c1-16(15(19)20)10-7-11-17(12-16)14(18)13-8-5-3-2-4-6-9-13/h13H,2-12H2,1H3,(H,19,20). The number of aliphatic carboxylic acids is 1. The Morgan fingerprint density at radius 3 is 2.25 bits per heavy atom. The first kappa shape index (κ1) is 15.3. The summed E-state index contributed by atoms with van der Waals surface area (Å²) in [6.07, 6.45) is 9.49. The van der Waals surface area contributed by atoms with Crippen LogP contribution in [0.15, 0.2) is 0 Å². The van der Waals surface area contributed by atoms with Gasteiger partial charge < -0.3 is 10.0 Å². The van der Waals surface area contributed by atoms with Gasteiger partial charge in [-0.15, -0.1) is 0 Å². The predicted octanol–water partition coefficient (Wildman–Crippen LogP) is 3.06. The summed E-state index contributed by atoms with van der Waals surface area (Å²) < 4.78 is 0. The molecule has 0 aromatic carbocycles. The van der Waals surface area contributed by atoms with Crippen molar-refractivity contribution in [2.24, 2.45) is 11.3 Å². The summed E-state index contributed by atoms with van der Waals surface area (Å²) in [4.78, 5) is 25.9. The maximum absolute atomic E-state index is 12.7. The molecule has 4 heteroatoms. The summed E-state index contributed by atoms with van der Waals surface area (Å²) in [5, 5.41) is 9.35. The van der Waals surface area contributed by atoms with Crippen LogP contribution in [0.5, 0.6) is 0 Å². The zero-order valence-electron chi connectivity index (χ0n) is 12.6. The molecule has 1 atom stereocenters. The van der Waals surface area contributed by atoms with E-state index in [2.05, 4.69) is 0 Å². The van der Waals surface area contributed by atoms with E-state index in [1.165, 1.54) is 19.3 Å². The van der Waals surface area contributed by atoms with Gasteiger partial charge in [-0.25, -0.2) is 0 Å². The van der Waals surface area contributed by atoms with Crippen LogP contribution in [0.4, 0.5) is 0 Å². The van der Waals surface area contributed by atoms with Crippen LogP contribution >= 0.6 is 0 Å². The summed E-state index contributed by atoms with van der Waals surface area (Å²) in [5.41, 5.74) is -0.754. The molecule has 0 aromatic heterocycles. The quantitative estimate of drug-likeness (QED) is 0.846. The van der Waals surface area contributed by atoms with Gasteiger partial charge in [0.25, 0.3) is 0 Å². The first-order valence-corrected chi connectivity index (χ1v) is 8.05. The van der Waals surface area contributed by atoms with Gasteiger partial charge in [-0.1, -0.05) is 32.1 Å². The number of carboxylic acids is 1. The van der Waals surface area contributed by atoms with Crippen molar-refractivity contribution in [2.45, 2.75) is 64.7 Å². The summed E-state index contributed by atoms with van der Waals surface area (Å²) in [5.74, 6) is -0.432. The molecule has 4 nitrogen and oxygen atoms in total. The number of carbonyl (C=O) groups is 2. The van der Waals surface area contributed by atoms with E-state index in [0.717, 1.165) is 38.6 Å². The van der Waals surface area contributed by atoms with Crippen molar-refractivity contribution in [3.63, 3.8) is 0 Å². The normalized spacial score (nSPS) is 29.6. The molecule has 20 heavy (non-hydrogen) atoms. The molecule has 1 aliphatic heterocycles. The highest BCUT2D eigenvalue weighted by Crippen LogP contribution is 2.32. The summed E-state index contributed by atoms with van der Waals surface area (Å²) in [6, 6.07) is 0. The maximum atomic E-state index is 12.7. The molecular weight excluding hydrogens is 254 g/mol. The molecule has 0 bridgehead atoms. The SMILES string of the molecule is CC1(C(=O)O)CCCN(C(=O)C2CCCCCCC2)C1. The van der Waals surface area contributed by atoms with Gasteiger partial charge in [0.1, 0.15) is 0 Å².